The maximum Gasteiger partial charge on any atom is 0.322 e. The van der Waals surface area contributed by atoms with Gasteiger partial charge >= 0.3 is 5.97 Å². The first-order valence-corrected chi connectivity index (χ1v) is 7.46. The van der Waals surface area contributed by atoms with E-state index in [0.29, 0.717) is 19.6 Å². The van der Waals surface area contributed by atoms with Gasteiger partial charge in [0.2, 0.25) is 0 Å². The van der Waals surface area contributed by atoms with E-state index in [0.717, 1.165) is 11.5 Å². The standard InChI is InChI=1S/C13H20N2O3S/c1-2-18-13(17)11(14)6-9-19-10-8-15-7-4-3-5-12(15)16/h3-5,7,11H,2,6,8-10,14H2,1H3. The summed E-state index contributed by atoms with van der Waals surface area (Å²) in [6.45, 7) is 2.78. The molecular weight excluding hydrogens is 264 g/mol. The first-order valence-electron chi connectivity index (χ1n) is 6.30. The van der Waals surface area contributed by atoms with Crippen molar-refractivity contribution in [3.05, 3.63) is 34.7 Å². The van der Waals surface area contributed by atoms with Crippen molar-refractivity contribution in [2.24, 2.45) is 5.73 Å². The van der Waals surface area contributed by atoms with E-state index >= 15 is 0 Å². The fourth-order valence-corrected chi connectivity index (χ4v) is 2.44. The molecule has 6 heteroatoms. The van der Waals surface area contributed by atoms with Crippen LogP contribution < -0.4 is 11.3 Å². The van der Waals surface area contributed by atoms with Gasteiger partial charge in [0.25, 0.3) is 5.56 Å². The van der Waals surface area contributed by atoms with E-state index in [4.69, 9.17) is 10.5 Å². The number of pyridine rings is 1. The average molecular weight is 284 g/mol. The van der Waals surface area contributed by atoms with Crippen molar-refractivity contribution in [1.29, 1.82) is 0 Å². The van der Waals surface area contributed by atoms with Gasteiger partial charge in [0, 0.05) is 24.6 Å². The molecule has 0 saturated carbocycles. The Balaban J connectivity index is 2.16. The third-order valence-electron chi connectivity index (χ3n) is 2.54. The number of nitrogens with two attached hydrogens (primary N) is 1. The number of nitrogens with zero attached hydrogens (tertiary/aromatic N) is 1. The van der Waals surface area contributed by atoms with E-state index in [1.807, 2.05) is 6.07 Å². The summed E-state index contributed by atoms with van der Waals surface area (Å²) >= 11 is 1.67. The zero-order valence-electron chi connectivity index (χ0n) is 11.1. The average Bonchev–Trinajstić information content (AvgIpc) is 2.40. The molecule has 5 nitrogen and oxygen atoms in total. The summed E-state index contributed by atoms with van der Waals surface area (Å²) in [4.78, 5) is 22.7. The van der Waals surface area contributed by atoms with Crippen LogP contribution in [0.5, 0.6) is 0 Å². The van der Waals surface area contributed by atoms with E-state index in [2.05, 4.69) is 0 Å². The first kappa shape index (κ1) is 15.8. The number of esters is 1. The van der Waals surface area contributed by atoms with Gasteiger partial charge in [-0.3, -0.25) is 9.59 Å². The lowest BCUT2D eigenvalue weighted by molar-refractivity contribution is -0.144. The number of aromatic nitrogens is 1. The second-order valence-corrected chi connectivity index (χ2v) is 5.22. The quantitative estimate of drug-likeness (QED) is 0.566. The van der Waals surface area contributed by atoms with Crippen LogP contribution in [0.25, 0.3) is 0 Å². The maximum atomic E-state index is 11.4. The van der Waals surface area contributed by atoms with Crippen LogP contribution >= 0.6 is 11.8 Å². The number of carbonyl (C=O) groups is 1. The van der Waals surface area contributed by atoms with Gasteiger partial charge in [-0.05, 0) is 25.2 Å². The summed E-state index contributed by atoms with van der Waals surface area (Å²) in [5.41, 5.74) is 5.68. The molecule has 0 aliphatic heterocycles. The highest BCUT2D eigenvalue weighted by atomic mass is 32.2. The van der Waals surface area contributed by atoms with E-state index < -0.39 is 6.04 Å². The molecule has 1 aromatic rings. The van der Waals surface area contributed by atoms with Crippen LogP contribution in [0, 0.1) is 0 Å². The Labute approximate surface area is 117 Å². The second kappa shape index (κ2) is 8.77. The highest BCUT2D eigenvalue weighted by Gasteiger charge is 2.13. The lowest BCUT2D eigenvalue weighted by atomic mass is 10.2. The van der Waals surface area contributed by atoms with Crippen LogP contribution in [0.4, 0.5) is 0 Å². The Bertz CT molecular complexity index is 448. The Kier molecular flexibility index (Phi) is 7.28. The van der Waals surface area contributed by atoms with Gasteiger partial charge in [0.1, 0.15) is 6.04 Å². The van der Waals surface area contributed by atoms with Gasteiger partial charge in [-0.1, -0.05) is 6.07 Å². The van der Waals surface area contributed by atoms with Crippen molar-refractivity contribution in [2.75, 3.05) is 18.1 Å². The Hall–Kier alpha value is -1.27. The third kappa shape index (κ3) is 5.94. The van der Waals surface area contributed by atoms with Gasteiger partial charge in [-0.2, -0.15) is 11.8 Å². The van der Waals surface area contributed by atoms with Gasteiger partial charge in [-0.15, -0.1) is 0 Å². The molecule has 1 aromatic heterocycles. The van der Waals surface area contributed by atoms with E-state index in [9.17, 15) is 9.59 Å². The molecule has 0 fully saturated rings. The summed E-state index contributed by atoms with van der Waals surface area (Å²) < 4.78 is 6.49. The topological polar surface area (TPSA) is 74.3 Å². The molecule has 0 aromatic carbocycles. The summed E-state index contributed by atoms with van der Waals surface area (Å²) in [6, 6.07) is 4.56. The lowest BCUT2D eigenvalue weighted by Crippen LogP contribution is -2.32. The molecule has 0 aliphatic carbocycles. The third-order valence-corrected chi connectivity index (χ3v) is 3.53. The highest BCUT2D eigenvalue weighted by molar-refractivity contribution is 7.99. The molecule has 0 bridgehead atoms. The zero-order chi connectivity index (χ0) is 14.1. The fourth-order valence-electron chi connectivity index (χ4n) is 1.49. The molecule has 19 heavy (non-hydrogen) atoms. The number of hydrogen-bond donors (Lipinski definition) is 1. The van der Waals surface area contributed by atoms with Crippen LogP contribution in [0.2, 0.25) is 0 Å². The summed E-state index contributed by atoms with van der Waals surface area (Å²) in [7, 11) is 0. The second-order valence-electron chi connectivity index (χ2n) is 3.99. The summed E-state index contributed by atoms with van der Waals surface area (Å²) in [6.07, 6.45) is 2.36. The number of thioether (sulfide) groups is 1. The van der Waals surface area contributed by atoms with Crippen molar-refractivity contribution in [1.82, 2.24) is 4.57 Å². The smallest absolute Gasteiger partial charge is 0.322 e. The van der Waals surface area contributed by atoms with E-state index in [-0.39, 0.29) is 11.5 Å². The van der Waals surface area contributed by atoms with Crippen LogP contribution in [-0.2, 0) is 16.1 Å². The van der Waals surface area contributed by atoms with Gasteiger partial charge < -0.3 is 15.0 Å². The monoisotopic (exact) mass is 284 g/mol. The number of aryl methyl sites for hydroxylation is 1. The number of ether oxygens (including phenoxy) is 1. The van der Waals surface area contributed by atoms with Crippen molar-refractivity contribution in [3.8, 4) is 0 Å². The molecule has 106 valence electrons. The molecule has 2 N–H and O–H groups in total. The van der Waals surface area contributed by atoms with Crippen LogP contribution in [0.15, 0.2) is 29.2 Å². The molecule has 0 spiro atoms. The SMILES string of the molecule is CCOC(=O)C(N)CCSCCn1ccccc1=O. The van der Waals surface area contributed by atoms with Gasteiger partial charge in [0.05, 0.1) is 6.61 Å². The molecule has 0 amide bonds. The Morgan fingerprint density at radius 1 is 1.47 bits per heavy atom. The Morgan fingerprint density at radius 3 is 2.95 bits per heavy atom. The van der Waals surface area contributed by atoms with Crippen LogP contribution in [-0.4, -0.2) is 34.7 Å². The number of rotatable bonds is 8. The predicted octanol–water partition coefficient (Wildman–Crippen LogP) is 0.862. The minimum absolute atomic E-state index is 0.00586. The minimum Gasteiger partial charge on any atom is -0.465 e. The van der Waals surface area contributed by atoms with Crippen molar-refractivity contribution >= 4 is 17.7 Å². The van der Waals surface area contributed by atoms with Gasteiger partial charge in [0.15, 0.2) is 0 Å². The number of hydrogen-bond acceptors (Lipinski definition) is 5. The summed E-state index contributed by atoms with van der Waals surface area (Å²) in [5.74, 6) is 1.25. The van der Waals surface area contributed by atoms with E-state index in [1.54, 1.807) is 41.6 Å². The predicted molar refractivity (Wildman–Crippen MR) is 77.3 cm³/mol. The normalized spacial score (nSPS) is 12.1. The molecule has 0 saturated heterocycles. The molecule has 0 radical (unpaired) electrons. The molecule has 1 rings (SSSR count). The highest BCUT2D eigenvalue weighted by Crippen LogP contribution is 2.05. The van der Waals surface area contributed by atoms with Crippen molar-refractivity contribution < 1.29 is 9.53 Å². The van der Waals surface area contributed by atoms with Crippen molar-refractivity contribution in [2.45, 2.75) is 25.9 Å². The van der Waals surface area contributed by atoms with Crippen molar-refractivity contribution in [3.63, 3.8) is 0 Å². The largest absolute Gasteiger partial charge is 0.465 e. The maximum absolute atomic E-state index is 11.4. The molecule has 0 aliphatic rings. The molecule has 1 heterocycles. The Morgan fingerprint density at radius 2 is 2.26 bits per heavy atom. The van der Waals surface area contributed by atoms with Crippen LogP contribution in [0.3, 0.4) is 0 Å². The number of carbonyl (C=O) groups excluding carboxylic acids is 1. The molecular formula is C13H20N2O3S. The van der Waals surface area contributed by atoms with Crippen LogP contribution in [0.1, 0.15) is 13.3 Å². The summed E-state index contributed by atoms with van der Waals surface area (Å²) in [5, 5.41) is 0. The zero-order valence-corrected chi connectivity index (χ0v) is 11.9. The van der Waals surface area contributed by atoms with Gasteiger partial charge in [-0.25, -0.2) is 0 Å². The molecule has 1 atom stereocenters. The molecule has 1 unspecified atom stereocenters. The van der Waals surface area contributed by atoms with E-state index in [1.165, 1.54) is 0 Å². The minimum atomic E-state index is -0.549. The fraction of sp³-hybridized carbons (Fsp3) is 0.538. The lowest BCUT2D eigenvalue weighted by Gasteiger charge is -2.10. The first-order chi connectivity index (χ1) is 9.15.